The van der Waals surface area contributed by atoms with E-state index in [0.29, 0.717) is 17.5 Å². The van der Waals surface area contributed by atoms with Crippen LogP contribution in [-0.4, -0.2) is 63.6 Å². The van der Waals surface area contributed by atoms with Crippen LogP contribution in [0.1, 0.15) is 45.1 Å². The van der Waals surface area contributed by atoms with Gasteiger partial charge in [-0.15, -0.1) is 0 Å². The van der Waals surface area contributed by atoms with E-state index in [1.807, 2.05) is 25.1 Å². The summed E-state index contributed by atoms with van der Waals surface area (Å²) in [6.45, 7) is 4.72. The molecule has 2 unspecified atom stereocenters. The second-order valence-electron chi connectivity index (χ2n) is 12.4. The van der Waals surface area contributed by atoms with Gasteiger partial charge < -0.3 is 19.8 Å². The molecule has 2 spiro atoms. The average molecular weight is 519 g/mol. The first-order chi connectivity index (χ1) is 17.6. The third-order valence-corrected chi connectivity index (χ3v) is 11.0. The van der Waals surface area contributed by atoms with Gasteiger partial charge in [0, 0.05) is 29.0 Å². The van der Waals surface area contributed by atoms with E-state index in [9.17, 15) is 10.2 Å². The molecule has 5 aliphatic rings. The van der Waals surface area contributed by atoms with Gasteiger partial charge in [0.1, 0.15) is 11.3 Å². The van der Waals surface area contributed by atoms with E-state index in [1.54, 1.807) is 6.20 Å². The van der Waals surface area contributed by atoms with Gasteiger partial charge in [0.25, 0.3) is 0 Å². The number of hydrogen-bond donors (Lipinski definition) is 2. The van der Waals surface area contributed by atoms with Crippen molar-refractivity contribution < 1.29 is 14.9 Å². The van der Waals surface area contributed by atoms with Crippen LogP contribution in [0.3, 0.4) is 0 Å². The zero-order valence-electron chi connectivity index (χ0n) is 21.9. The Morgan fingerprint density at radius 2 is 1.97 bits per heavy atom. The van der Waals surface area contributed by atoms with Gasteiger partial charge in [0.2, 0.25) is 0 Å². The number of pyridine rings is 1. The molecule has 2 N–H and O–H groups in total. The Hall–Kier alpha value is -2.02. The molecule has 0 amide bonds. The molecule has 2 aromatic rings. The molecule has 2 aliphatic heterocycles. The number of nitrogens with zero attached hydrogens (tertiary/aromatic N) is 2. The first kappa shape index (κ1) is 24.1. The van der Waals surface area contributed by atoms with Gasteiger partial charge in [0.15, 0.2) is 0 Å². The number of fused-ring (bicyclic) bond motifs is 2. The molecule has 6 heteroatoms. The number of aliphatic hydroxyl groups is 2. The Bertz CT molecular complexity index is 1410. The van der Waals surface area contributed by atoms with Crippen molar-refractivity contribution in [2.75, 3.05) is 14.1 Å². The van der Waals surface area contributed by atoms with E-state index in [-0.39, 0.29) is 23.0 Å². The standard InChI is InChI=1S/C31H35ClN2O3/c1-17-13-20-15-23-26(35)27(36)24(34(3)4)16-30(23)10-11-31(20,37-30)25-8-7-22(29(17,25)2)19-6-5-18-9-12-33-28(32)21(18)14-19/h5-7,9,12-15,17,24-27,35-36H,8,10-11,16H2,1-4H3/t17?,24-,25?,26+,27+,29+,30+,31+/m0/s1. The van der Waals surface area contributed by atoms with Crippen molar-refractivity contribution in [1.29, 1.82) is 0 Å². The number of benzene rings is 1. The number of halogens is 1. The normalized spacial score (nSPS) is 42.2. The summed E-state index contributed by atoms with van der Waals surface area (Å²) in [6.07, 6.45) is 10.5. The van der Waals surface area contributed by atoms with Gasteiger partial charge in [-0.2, -0.15) is 0 Å². The lowest BCUT2D eigenvalue weighted by Gasteiger charge is -2.57. The molecule has 0 radical (unpaired) electrons. The number of aliphatic hydroxyl groups excluding tert-OH is 2. The number of hydrogen-bond acceptors (Lipinski definition) is 5. The van der Waals surface area contributed by atoms with Gasteiger partial charge in [-0.3, -0.25) is 0 Å². The molecule has 5 nitrogen and oxygen atoms in total. The summed E-state index contributed by atoms with van der Waals surface area (Å²) >= 11 is 6.49. The summed E-state index contributed by atoms with van der Waals surface area (Å²) in [6, 6.07) is 8.43. The highest BCUT2D eigenvalue weighted by molar-refractivity contribution is 6.34. The van der Waals surface area contributed by atoms with Crippen LogP contribution in [0.2, 0.25) is 5.15 Å². The summed E-state index contributed by atoms with van der Waals surface area (Å²) in [5.74, 6) is 0.574. The van der Waals surface area contributed by atoms with Crippen LogP contribution in [0.5, 0.6) is 0 Å². The van der Waals surface area contributed by atoms with Crippen molar-refractivity contribution >= 4 is 27.9 Å². The number of rotatable bonds is 2. The zero-order chi connectivity index (χ0) is 25.9. The molecular weight excluding hydrogens is 484 g/mol. The predicted molar refractivity (Wildman–Crippen MR) is 146 cm³/mol. The van der Waals surface area contributed by atoms with Crippen molar-refractivity contribution in [2.45, 2.75) is 69.0 Å². The number of likely N-dealkylation sites (N-methyl/N-ethyl adjacent to an activating group) is 1. The minimum atomic E-state index is -0.907. The van der Waals surface area contributed by atoms with Gasteiger partial charge in [-0.1, -0.05) is 55.8 Å². The van der Waals surface area contributed by atoms with Crippen molar-refractivity contribution in [2.24, 2.45) is 17.3 Å². The summed E-state index contributed by atoms with van der Waals surface area (Å²) in [7, 11) is 3.95. The van der Waals surface area contributed by atoms with Crippen molar-refractivity contribution in [3.63, 3.8) is 0 Å². The fourth-order valence-corrected chi connectivity index (χ4v) is 8.78. The smallest absolute Gasteiger partial charge is 0.136 e. The third-order valence-electron chi connectivity index (χ3n) is 10.7. The average Bonchev–Trinajstić information content (AvgIpc) is 3.40. The predicted octanol–water partition coefficient (Wildman–Crippen LogP) is 5.16. The molecule has 7 rings (SSSR count). The second kappa shape index (κ2) is 7.77. The molecule has 8 atom stereocenters. The Kier molecular flexibility index (Phi) is 5.05. The molecule has 1 saturated heterocycles. The van der Waals surface area contributed by atoms with Gasteiger partial charge in [0.05, 0.1) is 17.3 Å². The third kappa shape index (κ3) is 2.98. The van der Waals surface area contributed by atoms with Crippen LogP contribution < -0.4 is 0 Å². The van der Waals surface area contributed by atoms with Crippen LogP contribution >= 0.6 is 11.6 Å². The summed E-state index contributed by atoms with van der Waals surface area (Å²) in [5.41, 5.74) is 3.64. The highest BCUT2D eigenvalue weighted by atomic mass is 35.5. The maximum absolute atomic E-state index is 11.2. The summed E-state index contributed by atoms with van der Waals surface area (Å²) < 4.78 is 7.28. The Balaban J connectivity index is 1.33. The molecule has 2 bridgehead atoms. The lowest BCUT2D eigenvalue weighted by Crippen LogP contribution is -2.62. The molecule has 37 heavy (non-hydrogen) atoms. The van der Waals surface area contributed by atoms with Crippen LogP contribution in [-0.2, 0) is 4.74 Å². The van der Waals surface area contributed by atoms with Crippen molar-refractivity contribution in [3.8, 4) is 0 Å². The lowest BCUT2D eigenvalue weighted by molar-refractivity contribution is -0.165. The van der Waals surface area contributed by atoms with E-state index in [1.165, 1.54) is 16.7 Å². The molecule has 194 valence electrons. The Morgan fingerprint density at radius 1 is 1.16 bits per heavy atom. The van der Waals surface area contributed by atoms with Crippen LogP contribution in [0.15, 0.2) is 59.8 Å². The fourth-order valence-electron chi connectivity index (χ4n) is 8.56. The SMILES string of the molecule is CC1C=C2C=C3[C@@H](O)[C@H](O)[C@@H](N(C)C)C[C@]34CC[C@]2(O4)C2CC=C(c3ccc4ccnc(Cl)c4c3)[C@@]12C. The van der Waals surface area contributed by atoms with Crippen LogP contribution in [0, 0.1) is 17.3 Å². The molecule has 1 saturated carbocycles. The lowest BCUT2D eigenvalue weighted by atomic mass is 9.54. The molecular formula is C31H35ClN2O3. The van der Waals surface area contributed by atoms with Crippen molar-refractivity contribution in [3.05, 3.63) is 70.6 Å². The monoisotopic (exact) mass is 518 g/mol. The topological polar surface area (TPSA) is 65.8 Å². The first-order valence-electron chi connectivity index (χ1n) is 13.5. The van der Waals surface area contributed by atoms with Gasteiger partial charge in [-0.25, -0.2) is 4.98 Å². The minimum Gasteiger partial charge on any atom is -0.388 e. The maximum Gasteiger partial charge on any atom is 0.136 e. The highest BCUT2D eigenvalue weighted by Crippen LogP contribution is 2.69. The minimum absolute atomic E-state index is 0.101. The molecule has 1 aromatic heterocycles. The van der Waals surface area contributed by atoms with E-state index >= 15 is 0 Å². The number of allylic oxidation sites excluding steroid dienone is 3. The maximum atomic E-state index is 11.2. The number of aromatic nitrogens is 1. The van der Waals surface area contributed by atoms with E-state index in [2.05, 4.69) is 55.3 Å². The second-order valence-corrected chi connectivity index (χ2v) is 12.8. The van der Waals surface area contributed by atoms with E-state index in [0.717, 1.165) is 35.6 Å². The fraction of sp³-hybridized carbons (Fsp3) is 0.516. The molecule has 3 aliphatic carbocycles. The summed E-state index contributed by atoms with van der Waals surface area (Å²) in [5, 5.41) is 24.8. The van der Waals surface area contributed by atoms with Crippen LogP contribution in [0.4, 0.5) is 0 Å². The quantitative estimate of drug-likeness (QED) is 0.538. The van der Waals surface area contributed by atoms with Crippen molar-refractivity contribution in [1.82, 2.24) is 9.88 Å². The van der Waals surface area contributed by atoms with Gasteiger partial charge in [-0.05, 0) is 85.5 Å². The van der Waals surface area contributed by atoms with Crippen LogP contribution in [0.25, 0.3) is 16.3 Å². The molecule has 1 aromatic carbocycles. The van der Waals surface area contributed by atoms with E-state index in [4.69, 9.17) is 16.3 Å². The Labute approximate surface area is 223 Å². The highest BCUT2D eigenvalue weighted by Gasteiger charge is 2.68. The number of ether oxygens (including phenoxy) is 1. The molecule has 2 fully saturated rings. The largest absolute Gasteiger partial charge is 0.388 e. The zero-order valence-corrected chi connectivity index (χ0v) is 22.7. The van der Waals surface area contributed by atoms with Gasteiger partial charge >= 0.3 is 0 Å². The first-order valence-corrected chi connectivity index (χ1v) is 13.9. The van der Waals surface area contributed by atoms with E-state index < -0.39 is 17.8 Å². The molecule has 3 heterocycles. The Morgan fingerprint density at radius 3 is 2.76 bits per heavy atom. The summed E-state index contributed by atoms with van der Waals surface area (Å²) in [4.78, 5) is 6.34.